The van der Waals surface area contributed by atoms with Crippen LogP contribution in [0.2, 0.25) is 0 Å². The molecule has 0 aliphatic carbocycles. The molecule has 0 atom stereocenters. The SMILES string of the molecule is O=C(Nc1ncn(Cc2ccccc2)n1)c1cc(-c2ccccc2)on1. The smallest absolute Gasteiger partial charge is 0.280 e. The van der Waals surface area contributed by atoms with Crippen molar-refractivity contribution in [2.45, 2.75) is 6.54 Å². The van der Waals surface area contributed by atoms with Crippen LogP contribution in [0.3, 0.4) is 0 Å². The first-order valence-electron chi connectivity index (χ1n) is 8.05. The molecular formula is C19H15N5O2. The maximum absolute atomic E-state index is 12.3. The summed E-state index contributed by atoms with van der Waals surface area (Å²) in [5, 5.41) is 10.7. The molecule has 2 heterocycles. The third-order valence-corrected chi connectivity index (χ3v) is 3.75. The van der Waals surface area contributed by atoms with Crippen molar-refractivity contribution in [2.24, 2.45) is 0 Å². The highest BCUT2D eigenvalue weighted by molar-refractivity contribution is 6.02. The van der Waals surface area contributed by atoms with Gasteiger partial charge in [0.25, 0.3) is 5.91 Å². The lowest BCUT2D eigenvalue weighted by Crippen LogP contribution is -2.13. The van der Waals surface area contributed by atoms with Crippen LogP contribution in [0.1, 0.15) is 16.1 Å². The number of nitrogens with zero attached hydrogens (tertiary/aromatic N) is 4. The number of rotatable bonds is 5. The zero-order valence-corrected chi connectivity index (χ0v) is 13.7. The average molecular weight is 345 g/mol. The highest BCUT2D eigenvalue weighted by Crippen LogP contribution is 2.20. The second-order valence-electron chi connectivity index (χ2n) is 5.65. The van der Waals surface area contributed by atoms with Crippen LogP contribution >= 0.6 is 0 Å². The number of aromatic nitrogens is 4. The second kappa shape index (κ2) is 7.02. The predicted molar refractivity (Wildman–Crippen MR) is 95.5 cm³/mol. The first-order valence-corrected chi connectivity index (χ1v) is 8.05. The summed E-state index contributed by atoms with van der Waals surface area (Å²) in [5.74, 6) is 0.321. The number of nitrogens with one attached hydrogen (secondary N) is 1. The Labute approximate surface area is 149 Å². The lowest BCUT2D eigenvalue weighted by molar-refractivity contribution is 0.101. The lowest BCUT2D eigenvalue weighted by Gasteiger charge is -2.00. The van der Waals surface area contributed by atoms with Gasteiger partial charge in [0, 0.05) is 11.6 Å². The Kier molecular flexibility index (Phi) is 4.26. The first kappa shape index (κ1) is 15.8. The van der Waals surface area contributed by atoms with E-state index in [-0.39, 0.29) is 11.6 Å². The molecule has 0 aliphatic rings. The van der Waals surface area contributed by atoms with Crippen molar-refractivity contribution in [2.75, 3.05) is 5.32 Å². The van der Waals surface area contributed by atoms with Gasteiger partial charge in [0.15, 0.2) is 11.5 Å². The standard InChI is InChI=1S/C19H15N5O2/c25-18(16-11-17(26-23-16)15-9-5-2-6-10-15)21-19-20-13-24(22-19)12-14-7-3-1-4-8-14/h1-11,13H,12H2,(H,21,22,25). The highest BCUT2D eigenvalue weighted by Gasteiger charge is 2.15. The molecule has 0 fully saturated rings. The Hall–Kier alpha value is -3.74. The maximum atomic E-state index is 12.3. The average Bonchev–Trinajstić information content (AvgIpc) is 3.33. The van der Waals surface area contributed by atoms with E-state index in [1.54, 1.807) is 17.1 Å². The van der Waals surface area contributed by atoms with Gasteiger partial charge in [-0.25, -0.2) is 9.67 Å². The summed E-state index contributed by atoms with van der Waals surface area (Å²) in [6, 6.07) is 20.9. The van der Waals surface area contributed by atoms with E-state index < -0.39 is 5.91 Å². The van der Waals surface area contributed by atoms with E-state index in [1.165, 1.54) is 0 Å². The lowest BCUT2D eigenvalue weighted by atomic mass is 10.1. The van der Waals surface area contributed by atoms with Gasteiger partial charge in [-0.3, -0.25) is 10.1 Å². The van der Waals surface area contributed by atoms with E-state index in [1.807, 2.05) is 60.7 Å². The molecule has 0 radical (unpaired) electrons. The van der Waals surface area contributed by atoms with Crippen LogP contribution in [0.25, 0.3) is 11.3 Å². The van der Waals surface area contributed by atoms with Gasteiger partial charge in [-0.15, -0.1) is 5.10 Å². The van der Waals surface area contributed by atoms with Crippen molar-refractivity contribution in [1.29, 1.82) is 0 Å². The zero-order valence-electron chi connectivity index (χ0n) is 13.7. The Morgan fingerprint density at radius 2 is 1.77 bits per heavy atom. The maximum Gasteiger partial charge on any atom is 0.280 e. The number of carbonyl (C=O) groups is 1. The van der Waals surface area contributed by atoms with Gasteiger partial charge < -0.3 is 4.52 Å². The number of amides is 1. The Morgan fingerprint density at radius 3 is 2.54 bits per heavy atom. The fraction of sp³-hybridized carbons (Fsp3) is 0.0526. The van der Waals surface area contributed by atoms with Gasteiger partial charge in [0.1, 0.15) is 6.33 Å². The van der Waals surface area contributed by atoms with Gasteiger partial charge in [0.05, 0.1) is 6.54 Å². The van der Waals surface area contributed by atoms with Crippen molar-refractivity contribution >= 4 is 11.9 Å². The van der Waals surface area contributed by atoms with E-state index in [2.05, 4.69) is 20.6 Å². The molecule has 0 unspecified atom stereocenters. The summed E-state index contributed by atoms with van der Waals surface area (Å²) in [7, 11) is 0. The quantitative estimate of drug-likeness (QED) is 0.600. The molecule has 7 nitrogen and oxygen atoms in total. The van der Waals surface area contributed by atoms with Crippen LogP contribution in [0.4, 0.5) is 5.95 Å². The molecule has 0 spiro atoms. The first-order chi connectivity index (χ1) is 12.8. The molecule has 1 amide bonds. The number of carbonyl (C=O) groups excluding carboxylic acids is 1. The second-order valence-corrected chi connectivity index (χ2v) is 5.65. The van der Waals surface area contributed by atoms with Crippen LogP contribution in [0.5, 0.6) is 0 Å². The summed E-state index contributed by atoms with van der Waals surface area (Å²) in [6.45, 7) is 0.575. The van der Waals surface area contributed by atoms with Gasteiger partial charge in [0.2, 0.25) is 5.95 Å². The Bertz CT molecular complexity index is 1010. The van der Waals surface area contributed by atoms with Crippen LogP contribution in [-0.2, 0) is 6.54 Å². The van der Waals surface area contributed by atoms with Crippen molar-refractivity contribution in [1.82, 2.24) is 19.9 Å². The molecule has 2 aromatic carbocycles. The summed E-state index contributed by atoms with van der Waals surface area (Å²) in [6.07, 6.45) is 1.57. The molecule has 1 N–H and O–H groups in total. The van der Waals surface area contributed by atoms with Crippen LogP contribution < -0.4 is 5.32 Å². The minimum absolute atomic E-state index is 0.170. The predicted octanol–water partition coefficient (Wildman–Crippen LogP) is 3.23. The van der Waals surface area contributed by atoms with E-state index in [4.69, 9.17) is 4.52 Å². The van der Waals surface area contributed by atoms with Crippen LogP contribution in [0.15, 0.2) is 77.6 Å². The van der Waals surface area contributed by atoms with E-state index in [0.717, 1.165) is 11.1 Å². The summed E-state index contributed by atoms with van der Waals surface area (Å²) < 4.78 is 6.89. The molecule has 0 saturated carbocycles. The van der Waals surface area contributed by atoms with E-state index in [9.17, 15) is 4.79 Å². The van der Waals surface area contributed by atoms with E-state index in [0.29, 0.717) is 12.3 Å². The monoisotopic (exact) mass is 345 g/mol. The fourth-order valence-corrected chi connectivity index (χ4v) is 2.48. The molecule has 0 saturated heterocycles. The minimum Gasteiger partial charge on any atom is -0.355 e. The summed E-state index contributed by atoms with van der Waals surface area (Å²) in [5.41, 5.74) is 2.12. The molecular weight excluding hydrogens is 330 g/mol. The minimum atomic E-state index is -0.423. The highest BCUT2D eigenvalue weighted by atomic mass is 16.5. The number of anilines is 1. The molecule has 0 bridgehead atoms. The third-order valence-electron chi connectivity index (χ3n) is 3.75. The molecule has 2 aromatic heterocycles. The third kappa shape index (κ3) is 3.51. The number of hydrogen-bond acceptors (Lipinski definition) is 5. The largest absolute Gasteiger partial charge is 0.355 e. The van der Waals surface area contributed by atoms with Gasteiger partial charge >= 0.3 is 0 Å². The van der Waals surface area contributed by atoms with Crippen molar-refractivity contribution in [3.05, 3.63) is 84.3 Å². The number of hydrogen-bond donors (Lipinski definition) is 1. The van der Waals surface area contributed by atoms with Crippen LogP contribution in [-0.4, -0.2) is 25.8 Å². The van der Waals surface area contributed by atoms with Crippen molar-refractivity contribution in [3.8, 4) is 11.3 Å². The molecule has 7 heteroatoms. The molecule has 4 aromatic rings. The van der Waals surface area contributed by atoms with Gasteiger partial charge in [-0.1, -0.05) is 65.8 Å². The molecule has 0 aliphatic heterocycles. The molecule has 26 heavy (non-hydrogen) atoms. The topological polar surface area (TPSA) is 85.8 Å². The van der Waals surface area contributed by atoms with Crippen LogP contribution in [0, 0.1) is 0 Å². The normalized spacial score (nSPS) is 10.6. The van der Waals surface area contributed by atoms with Crippen molar-refractivity contribution in [3.63, 3.8) is 0 Å². The number of benzene rings is 2. The Morgan fingerprint density at radius 1 is 1.04 bits per heavy atom. The van der Waals surface area contributed by atoms with Crippen molar-refractivity contribution < 1.29 is 9.32 Å². The van der Waals surface area contributed by atoms with Gasteiger partial charge in [-0.05, 0) is 5.56 Å². The molecule has 4 rings (SSSR count). The van der Waals surface area contributed by atoms with E-state index >= 15 is 0 Å². The summed E-state index contributed by atoms with van der Waals surface area (Å²) in [4.78, 5) is 16.4. The molecule has 128 valence electrons. The van der Waals surface area contributed by atoms with Gasteiger partial charge in [-0.2, -0.15) is 0 Å². The summed E-state index contributed by atoms with van der Waals surface area (Å²) >= 11 is 0. The fourth-order valence-electron chi connectivity index (χ4n) is 2.48. The Balaban J connectivity index is 1.43. The zero-order chi connectivity index (χ0) is 17.8.